The van der Waals surface area contributed by atoms with Gasteiger partial charge < -0.3 is 15.0 Å². The van der Waals surface area contributed by atoms with Gasteiger partial charge in [0, 0.05) is 37.6 Å². The van der Waals surface area contributed by atoms with Crippen LogP contribution in [-0.4, -0.2) is 50.3 Å². The molecule has 1 saturated carbocycles. The van der Waals surface area contributed by atoms with Crippen LogP contribution in [0, 0.1) is 22.0 Å². The fourth-order valence-electron chi connectivity index (χ4n) is 4.03. The molecule has 1 aliphatic carbocycles. The number of carbonyl (C=O) groups is 2. The second kappa shape index (κ2) is 6.68. The van der Waals surface area contributed by atoms with Crippen LogP contribution in [0.2, 0.25) is 0 Å². The lowest BCUT2D eigenvalue weighted by Gasteiger charge is -2.22. The zero-order valence-electron chi connectivity index (χ0n) is 15.3. The molecule has 2 aliphatic heterocycles. The van der Waals surface area contributed by atoms with Gasteiger partial charge in [0.25, 0.3) is 0 Å². The lowest BCUT2D eigenvalue weighted by molar-refractivity contribution is -0.119. The summed E-state index contributed by atoms with van der Waals surface area (Å²) in [6, 6.07) is 1.71. The van der Waals surface area contributed by atoms with Crippen molar-refractivity contribution in [3.05, 3.63) is 28.7 Å². The minimum absolute atomic E-state index is 0.0412. The van der Waals surface area contributed by atoms with E-state index < -0.39 is 29.9 Å². The van der Waals surface area contributed by atoms with E-state index in [1.807, 2.05) is 0 Å². The molecule has 10 heteroatoms. The maximum atomic E-state index is 14.8. The SMILES string of the molecule is CC(=O)NC[C@H]1CN(c2cc(F)c(N3CC(N=O)C4(CC4)C3)c(F)c2)C(=O)O1. The van der Waals surface area contributed by atoms with Crippen molar-refractivity contribution < 1.29 is 23.1 Å². The first kappa shape index (κ1) is 18.6. The van der Waals surface area contributed by atoms with Crippen LogP contribution in [0.4, 0.5) is 25.0 Å². The molecule has 1 unspecified atom stereocenters. The molecular weight excluding hydrogens is 374 g/mol. The van der Waals surface area contributed by atoms with Crippen molar-refractivity contribution in [3.8, 4) is 0 Å². The van der Waals surface area contributed by atoms with Gasteiger partial charge in [-0.05, 0) is 12.8 Å². The van der Waals surface area contributed by atoms with Gasteiger partial charge in [-0.2, -0.15) is 4.91 Å². The van der Waals surface area contributed by atoms with Gasteiger partial charge in [-0.1, -0.05) is 5.18 Å². The van der Waals surface area contributed by atoms with Gasteiger partial charge in [0.2, 0.25) is 5.91 Å². The van der Waals surface area contributed by atoms with E-state index in [0.717, 1.165) is 29.9 Å². The molecule has 3 aliphatic rings. The lowest BCUT2D eigenvalue weighted by Crippen LogP contribution is -2.33. The topological polar surface area (TPSA) is 91.3 Å². The highest BCUT2D eigenvalue weighted by Crippen LogP contribution is 2.55. The molecule has 2 saturated heterocycles. The lowest BCUT2D eigenvalue weighted by atomic mass is 10.0. The van der Waals surface area contributed by atoms with Gasteiger partial charge in [0.05, 0.1) is 18.8 Å². The summed E-state index contributed by atoms with van der Waals surface area (Å²) in [7, 11) is 0. The first-order chi connectivity index (χ1) is 13.3. The standard InChI is InChI=1S/C18H20F2N4O4/c1-10(25)21-6-12-7-24(17(26)28-12)11-4-13(19)16(14(20)5-11)23-8-15(22-27)18(9-23)2-3-18/h4-5,12,15H,2-3,6-9H2,1H3,(H,21,25)/t12-,15?/m0/s1. The van der Waals surface area contributed by atoms with Gasteiger partial charge in [-0.15, -0.1) is 0 Å². The third-order valence-electron chi connectivity index (χ3n) is 5.71. The molecule has 1 aromatic carbocycles. The van der Waals surface area contributed by atoms with Crippen LogP contribution in [0.5, 0.6) is 0 Å². The van der Waals surface area contributed by atoms with Gasteiger partial charge in [-0.3, -0.25) is 9.69 Å². The van der Waals surface area contributed by atoms with Crippen LogP contribution < -0.4 is 15.1 Å². The van der Waals surface area contributed by atoms with Crippen molar-refractivity contribution in [2.75, 3.05) is 36.0 Å². The number of benzene rings is 1. The Labute approximate surface area is 159 Å². The molecule has 2 heterocycles. The number of halogens is 2. The molecule has 1 spiro atoms. The highest BCUT2D eigenvalue weighted by atomic mass is 19.1. The maximum absolute atomic E-state index is 14.8. The highest BCUT2D eigenvalue weighted by Gasteiger charge is 2.56. The van der Waals surface area contributed by atoms with E-state index in [2.05, 4.69) is 10.5 Å². The largest absolute Gasteiger partial charge is 0.442 e. The van der Waals surface area contributed by atoms with Crippen LogP contribution in [0.1, 0.15) is 19.8 Å². The minimum Gasteiger partial charge on any atom is -0.442 e. The van der Waals surface area contributed by atoms with Crippen LogP contribution in [0.15, 0.2) is 17.3 Å². The number of nitrogens with zero attached hydrogens (tertiary/aromatic N) is 3. The van der Waals surface area contributed by atoms with E-state index in [1.165, 1.54) is 11.8 Å². The van der Waals surface area contributed by atoms with E-state index in [9.17, 15) is 23.3 Å². The minimum atomic E-state index is -0.810. The van der Waals surface area contributed by atoms with Gasteiger partial charge in [0.1, 0.15) is 17.8 Å². The van der Waals surface area contributed by atoms with Gasteiger partial charge in [-0.25, -0.2) is 13.6 Å². The molecule has 3 fully saturated rings. The number of nitrogens with one attached hydrogen (secondary N) is 1. The van der Waals surface area contributed by atoms with Crippen molar-refractivity contribution >= 4 is 23.4 Å². The fourth-order valence-corrected chi connectivity index (χ4v) is 4.03. The molecule has 0 bridgehead atoms. The summed E-state index contributed by atoms with van der Waals surface area (Å²) in [6.07, 6.45) is 0.327. The molecular formula is C18H20F2N4O4. The molecule has 1 N–H and O–H groups in total. The Balaban J connectivity index is 1.53. The molecule has 4 rings (SSSR count). The smallest absolute Gasteiger partial charge is 0.414 e. The summed E-state index contributed by atoms with van der Waals surface area (Å²) in [4.78, 5) is 36.7. The maximum Gasteiger partial charge on any atom is 0.414 e. The summed E-state index contributed by atoms with van der Waals surface area (Å²) in [5, 5.41) is 5.67. The van der Waals surface area contributed by atoms with Crippen LogP contribution in [0.3, 0.4) is 0 Å². The van der Waals surface area contributed by atoms with Crippen molar-refractivity contribution in [2.24, 2.45) is 10.6 Å². The van der Waals surface area contributed by atoms with Crippen molar-refractivity contribution in [3.63, 3.8) is 0 Å². The number of rotatable bonds is 5. The quantitative estimate of drug-likeness (QED) is 0.773. The molecule has 0 aromatic heterocycles. The first-order valence-corrected chi connectivity index (χ1v) is 9.12. The number of hydrogen-bond acceptors (Lipinski definition) is 6. The van der Waals surface area contributed by atoms with Crippen molar-refractivity contribution in [1.82, 2.24) is 5.32 Å². The van der Waals surface area contributed by atoms with Gasteiger partial charge >= 0.3 is 6.09 Å². The van der Waals surface area contributed by atoms with Crippen LogP contribution in [0.25, 0.3) is 0 Å². The predicted molar refractivity (Wildman–Crippen MR) is 96.1 cm³/mol. The molecule has 8 nitrogen and oxygen atoms in total. The normalized spacial score (nSPS) is 25.2. The van der Waals surface area contributed by atoms with E-state index >= 15 is 0 Å². The number of nitroso groups, excluding NO2 is 1. The Morgan fingerprint density at radius 2 is 2.00 bits per heavy atom. The second-order valence-electron chi connectivity index (χ2n) is 7.68. The number of amides is 2. The number of ether oxygens (including phenoxy) is 1. The summed E-state index contributed by atoms with van der Waals surface area (Å²) in [5.74, 6) is -1.89. The van der Waals surface area contributed by atoms with Crippen molar-refractivity contribution in [2.45, 2.75) is 31.9 Å². The Kier molecular flexibility index (Phi) is 4.43. The Morgan fingerprint density at radius 1 is 1.32 bits per heavy atom. The van der Waals surface area contributed by atoms with Crippen LogP contribution >= 0.6 is 0 Å². The second-order valence-corrected chi connectivity index (χ2v) is 7.68. The fraction of sp³-hybridized carbons (Fsp3) is 0.556. The Bertz CT molecular complexity index is 822. The number of anilines is 2. The average molecular weight is 394 g/mol. The van der Waals surface area contributed by atoms with E-state index in [-0.39, 0.29) is 42.3 Å². The monoisotopic (exact) mass is 394 g/mol. The molecule has 150 valence electrons. The molecule has 28 heavy (non-hydrogen) atoms. The number of hydrogen-bond donors (Lipinski definition) is 1. The molecule has 2 atom stereocenters. The van der Waals surface area contributed by atoms with Crippen LogP contribution in [-0.2, 0) is 9.53 Å². The zero-order chi connectivity index (χ0) is 20.1. The number of carbonyl (C=O) groups excluding carboxylic acids is 2. The van der Waals surface area contributed by atoms with E-state index in [4.69, 9.17) is 4.74 Å². The summed E-state index contributed by atoms with van der Waals surface area (Å²) in [6.45, 7) is 2.10. The Hall–Kier alpha value is -2.78. The third kappa shape index (κ3) is 3.16. The van der Waals surface area contributed by atoms with Crippen molar-refractivity contribution in [1.29, 1.82) is 0 Å². The van der Waals surface area contributed by atoms with E-state index in [1.54, 1.807) is 0 Å². The Morgan fingerprint density at radius 3 is 2.54 bits per heavy atom. The van der Waals surface area contributed by atoms with Gasteiger partial charge in [0.15, 0.2) is 11.6 Å². The third-order valence-corrected chi connectivity index (χ3v) is 5.71. The molecule has 2 amide bonds. The molecule has 1 aromatic rings. The summed E-state index contributed by atoms with van der Waals surface area (Å²) < 4.78 is 34.7. The average Bonchev–Trinajstić information content (AvgIpc) is 3.16. The summed E-state index contributed by atoms with van der Waals surface area (Å²) >= 11 is 0. The van der Waals surface area contributed by atoms with E-state index in [0.29, 0.717) is 6.54 Å². The molecule has 0 radical (unpaired) electrons. The number of cyclic esters (lactones) is 1. The zero-order valence-corrected chi connectivity index (χ0v) is 15.3. The predicted octanol–water partition coefficient (Wildman–Crippen LogP) is 2.16. The first-order valence-electron chi connectivity index (χ1n) is 9.12. The summed E-state index contributed by atoms with van der Waals surface area (Å²) in [5.41, 5.74) is -0.419. The highest BCUT2D eigenvalue weighted by molar-refractivity contribution is 5.90.